The molecule has 0 saturated carbocycles. The highest BCUT2D eigenvalue weighted by Crippen LogP contribution is 2.31. The fourth-order valence-electron chi connectivity index (χ4n) is 3.16. The molecule has 1 aliphatic heterocycles. The first kappa shape index (κ1) is 18.7. The number of pyridine rings is 1. The van der Waals surface area contributed by atoms with Gasteiger partial charge in [0, 0.05) is 24.2 Å². The second-order valence-electron chi connectivity index (χ2n) is 6.25. The third-order valence-corrected chi connectivity index (χ3v) is 4.49. The van der Waals surface area contributed by atoms with Crippen molar-refractivity contribution >= 4 is 18.2 Å². The maximum Gasteiger partial charge on any atom is 0.142 e. The molecule has 1 aliphatic rings. The van der Waals surface area contributed by atoms with Gasteiger partial charge in [0.2, 0.25) is 0 Å². The molecule has 27 heavy (non-hydrogen) atoms. The number of hydrogen-bond acceptors (Lipinski definition) is 6. The van der Waals surface area contributed by atoms with E-state index in [1.54, 1.807) is 24.3 Å². The summed E-state index contributed by atoms with van der Waals surface area (Å²) in [5.74, 6) is 0.357. The number of aromatic nitrogens is 3. The SMILES string of the molecule is Cl.N#Cc1c(-c2cc3n(n2)CCCNC3)cc(-c2ccc(O)cc2)nc1N. The van der Waals surface area contributed by atoms with Crippen molar-refractivity contribution in [2.24, 2.45) is 0 Å². The Morgan fingerprint density at radius 3 is 2.70 bits per heavy atom. The van der Waals surface area contributed by atoms with Crippen molar-refractivity contribution in [1.82, 2.24) is 20.1 Å². The highest BCUT2D eigenvalue weighted by atomic mass is 35.5. The third-order valence-electron chi connectivity index (χ3n) is 4.49. The van der Waals surface area contributed by atoms with Gasteiger partial charge in [-0.25, -0.2) is 4.98 Å². The highest BCUT2D eigenvalue weighted by molar-refractivity contribution is 5.85. The lowest BCUT2D eigenvalue weighted by molar-refractivity contribution is 0.475. The van der Waals surface area contributed by atoms with Crippen LogP contribution in [-0.4, -0.2) is 26.4 Å². The zero-order chi connectivity index (χ0) is 18.1. The second-order valence-corrected chi connectivity index (χ2v) is 6.25. The zero-order valence-corrected chi connectivity index (χ0v) is 15.3. The Morgan fingerprint density at radius 2 is 1.96 bits per heavy atom. The number of nitrogens with zero attached hydrogens (tertiary/aromatic N) is 4. The fraction of sp³-hybridized carbons (Fsp3) is 0.211. The first-order valence-corrected chi connectivity index (χ1v) is 8.43. The molecule has 138 valence electrons. The van der Waals surface area contributed by atoms with Crippen LogP contribution >= 0.6 is 12.4 Å². The van der Waals surface area contributed by atoms with Crippen LogP contribution in [0.25, 0.3) is 22.5 Å². The van der Waals surface area contributed by atoms with E-state index in [1.165, 1.54) is 0 Å². The number of nitrogen functional groups attached to an aromatic ring is 1. The smallest absolute Gasteiger partial charge is 0.142 e. The Morgan fingerprint density at radius 1 is 1.19 bits per heavy atom. The van der Waals surface area contributed by atoms with E-state index in [9.17, 15) is 10.4 Å². The molecule has 4 N–H and O–H groups in total. The van der Waals surface area contributed by atoms with Crippen LogP contribution in [0.4, 0.5) is 5.82 Å². The van der Waals surface area contributed by atoms with E-state index in [1.807, 2.05) is 16.8 Å². The summed E-state index contributed by atoms with van der Waals surface area (Å²) in [7, 11) is 0. The number of aromatic hydroxyl groups is 1. The van der Waals surface area contributed by atoms with Crippen LogP contribution in [0.15, 0.2) is 36.4 Å². The number of phenolic OH excluding ortho intramolecular Hbond substituents is 1. The predicted molar refractivity (Wildman–Crippen MR) is 105 cm³/mol. The van der Waals surface area contributed by atoms with Crippen molar-refractivity contribution in [3.8, 4) is 34.3 Å². The molecule has 0 radical (unpaired) electrons. The number of nitrogens with one attached hydrogen (secondary N) is 1. The van der Waals surface area contributed by atoms with Crippen LogP contribution in [0.2, 0.25) is 0 Å². The molecule has 0 atom stereocenters. The highest BCUT2D eigenvalue weighted by Gasteiger charge is 2.18. The number of rotatable bonds is 2. The predicted octanol–water partition coefficient (Wildman–Crippen LogP) is 2.69. The largest absolute Gasteiger partial charge is 0.508 e. The van der Waals surface area contributed by atoms with E-state index >= 15 is 0 Å². The molecule has 0 saturated heterocycles. The Bertz CT molecular complexity index is 983. The van der Waals surface area contributed by atoms with Gasteiger partial charge in [-0.1, -0.05) is 0 Å². The van der Waals surface area contributed by atoms with Crippen LogP contribution in [0, 0.1) is 11.3 Å². The van der Waals surface area contributed by atoms with Gasteiger partial charge in [0.1, 0.15) is 23.2 Å². The summed E-state index contributed by atoms with van der Waals surface area (Å²) in [6.45, 7) is 2.56. The molecule has 1 aromatic carbocycles. The van der Waals surface area contributed by atoms with Crippen LogP contribution in [0.5, 0.6) is 5.75 Å². The van der Waals surface area contributed by atoms with Gasteiger partial charge in [0.15, 0.2) is 0 Å². The van der Waals surface area contributed by atoms with Gasteiger partial charge in [-0.05, 0) is 49.4 Å². The van der Waals surface area contributed by atoms with Gasteiger partial charge in [0.05, 0.1) is 17.1 Å². The minimum atomic E-state index is 0. The third kappa shape index (κ3) is 3.58. The van der Waals surface area contributed by atoms with Crippen molar-refractivity contribution in [1.29, 1.82) is 5.26 Å². The number of phenols is 1. The molecule has 0 fully saturated rings. The topological polar surface area (TPSA) is 113 Å². The van der Waals surface area contributed by atoms with Gasteiger partial charge < -0.3 is 16.2 Å². The molecular formula is C19H19ClN6O. The number of nitrogens with two attached hydrogens (primary N) is 1. The lowest BCUT2D eigenvalue weighted by atomic mass is 10.0. The number of halogens is 1. The van der Waals surface area contributed by atoms with E-state index in [-0.39, 0.29) is 24.0 Å². The van der Waals surface area contributed by atoms with E-state index in [2.05, 4.69) is 21.5 Å². The standard InChI is InChI=1S/C19H18N6O.ClH/c20-10-16-15(18-8-13-11-22-6-1-7-25(13)24-18)9-17(23-19(16)21)12-2-4-14(26)5-3-12;/h2-5,8-9,22,26H,1,6-7,11H2,(H2,21,23);1H. The molecule has 0 aliphatic carbocycles. The molecule has 4 rings (SSSR count). The summed E-state index contributed by atoms with van der Waals surface area (Å²) in [5.41, 5.74) is 10.3. The van der Waals surface area contributed by atoms with Crippen molar-refractivity contribution in [2.45, 2.75) is 19.5 Å². The molecule has 7 nitrogen and oxygen atoms in total. The normalized spacial score (nSPS) is 13.1. The lowest BCUT2D eigenvalue weighted by Crippen LogP contribution is -2.11. The first-order valence-electron chi connectivity index (χ1n) is 8.43. The Labute approximate surface area is 162 Å². The van der Waals surface area contributed by atoms with Crippen LogP contribution < -0.4 is 11.1 Å². The van der Waals surface area contributed by atoms with E-state index < -0.39 is 0 Å². The minimum Gasteiger partial charge on any atom is -0.508 e. The molecule has 0 spiro atoms. The van der Waals surface area contributed by atoms with Gasteiger partial charge in [0.25, 0.3) is 0 Å². The van der Waals surface area contributed by atoms with E-state index in [4.69, 9.17) is 5.73 Å². The quantitative estimate of drug-likeness (QED) is 0.628. The summed E-state index contributed by atoms with van der Waals surface area (Å²) in [5, 5.41) is 27.1. The average molecular weight is 383 g/mol. The second kappa shape index (κ2) is 7.66. The first-order chi connectivity index (χ1) is 12.7. The van der Waals surface area contributed by atoms with Crippen molar-refractivity contribution in [2.75, 3.05) is 12.3 Å². The minimum absolute atomic E-state index is 0. The Hall–Kier alpha value is -3.08. The molecule has 3 heterocycles. The number of anilines is 1. The number of nitriles is 1. The number of fused-ring (bicyclic) bond motifs is 1. The van der Waals surface area contributed by atoms with Crippen LogP contribution in [0.1, 0.15) is 17.7 Å². The van der Waals surface area contributed by atoms with E-state index in [0.717, 1.165) is 43.0 Å². The number of aryl methyl sites for hydroxylation is 1. The van der Waals surface area contributed by atoms with Gasteiger partial charge in [-0.2, -0.15) is 10.4 Å². The Balaban J connectivity index is 0.00000210. The maximum absolute atomic E-state index is 9.56. The fourth-order valence-corrected chi connectivity index (χ4v) is 3.16. The van der Waals surface area contributed by atoms with Crippen LogP contribution in [0.3, 0.4) is 0 Å². The molecule has 3 aromatic rings. The molecule has 2 aromatic heterocycles. The summed E-state index contributed by atoms with van der Waals surface area (Å²) in [6, 6.07) is 12.7. The van der Waals surface area contributed by atoms with Gasteiger partial charge in [-0.15, -0.1) is 12.4 Å². The summed E-state index contributed by atoms with van der Waals surface area (Å²) < 4.78 is 1.98. The van der Waals surface area contributed by atoms with Crippen molar-refractivity contribution in [3.63, 3.8) is 0 Å². The summed E-state index contributed by atoms with van der Waals surface area (Å²) >= 11 is 0. The maximum atomic E-state index is 9.56. The van der Waals surface area contributed by atoms with Crippen molar-refractivity contribution in [3.05, 3.63) is 47.7 Å². The number of benzene rings is 1. The van der Waals surface area contributed by atoms with E-state index in [0.29, 0.717) is 16.8 Å². The summed E-state index contributed by atoms with van der Waals surface area (Å²) in [4.78, 5) is 4.35. The molecular weight excluding hydrogens is 364 g/mol. The molecule has 0 unspecified atom stereocenters. The zero-order valence-electron chi connectivity index (χ0n) is 14.5. The van der Waals surface area contributed by atoms with Gasteiger partial charge >= 0.3 is 0 Å². The molecule has 8 heteroatoms. The average Bonchev–Trinajstić information content (AvgIpc) is 2.92. The van der Waals surface area contributed by atoms with Crippen molar-refractivity contribution < 1.29 is 5.11 Å². The summed E-state index contributed by atoms with van der Waals surface area (Å²) in [6.07, 6.45) is 1.01. The van der Waals surface area contributed by atoms with Gasteiger partial charge in [-0.3, -0.25) is 4.68 Å². The lowest BCUT2D eigenvalue weighted by Gasteiger charge is -2.08. The monoisotopic (exact) mass is 382 g/mol. The molecule has 0 bridgehead atoms. The number of hydrogen-bond donors (Lipinski definition) is 3. The Kier molecular flexibility index (Phi) is 5.31. The van der Waals surface area contributed by atoms with Crippen LogP contribution in [-0.2, 0) is 13.1 Å². The molecule has 0 amide bonds.